The third-order valence-corrected chi connectivity index (χ3v) is 2.60. The predicted octanol–water partition coefficient (Wildman–Crippen LogP) is 1.67. The first-order valence-electron chi connectivity index (χ1n) is 4.35. The number of carbonyl (C=O) groups is 1. The molecule has 0 aromatic heterocycles. The van der Waals surface area contributed by atoms with E-state index in [-0.39, 0.29) is 12.4 Å². The summed E-state index contributed by atoms with van der Waals surface area (Å²) in [6.45, 7) is 2.33. The second-order valence-electron chi connectivity index (χ2n) is 3.10. The van der Waals surface area contributed by atoms with Gasteiger partial charge in [-0.1, -0.05) is 11.6 Å². The Bertz CT molecular complexity index is 367. The molecule has 0 aliphatic heterocycles. The number of hydrogen-bond acceptors (Lipinski definition) is 2. The summed E-state index contributed by atoms with van der Waals surface area (Å²) in [6.07, 6.45) is 0.616. The Labute approximate surface area is 100 Å². The molecule has 3 nitrogen and oxygen atoms in total. The van der Waals surface area contributed by atoms with Crippen molar-refractivity contribution in [3.05, 3.63) is 33.8 Å². The number of hydrogen-bond donors (Lipinski definition) is 2. The summed E-state index contributed by atoms with van der Waals surface area (Å²) in [4.78, 5) is 11.1. The van der Waals surface area contributed by atoms with E-state index in [0.29, 0.717) is 23.6 Å². The van der Waals surface area contributed by atoms with Crippen molar-refractivity contribution in [1.29, 1.82) is 0 Å². The number of amides is 1. The second-order valence-corrected chi connectivity index (χ2v) is 3.51. The minimum Gasteiger partial charge on any atom is -0.366 e. The average Bonchev–Trinajstić information content (AvgIpc) is 2.13. The Hall–Kier alpha value is -0.770. The fourth-order valence-electron chi connectivity index (χ4n) is 1.43. The van der Waals surface area contributed by atoms with E-state index in [1.54, 1.807) is 12.1 Å². The molecule has 1 amide bonds. The molecule has 0 heterocycles. The molecule has 0 aliphatic rings. The molecular weight excluding hydrogens is 235 g/mol. The van der Waals surface area contributed by atoms with E-state index in [2.05, 4.69) is 0 Å². The summed E-state index contributed by atoms with van der Waals surface area (Å²) in [5.74, 6) is -0.437. The van der Waals surface area contributed by atoms with Gasteiger partial charge in [0.15, 0.2) is 0 Å². The highest BCUT2D eigenvalue weighted by Crippen LogP contribution is 2.22. The van der Waals surface area contributed by atoms with Gasteiger partial charge < -0.3 is 11.5 Å². The number of halogens is 2. The molecule has 1 aromatic carbocycles. The lowest BCUT2D eigenvalue weighted by atomic mass is 9.98. The van der Waals surface area contributed by atoms with Crippen LogP contribution in [0.15, 0.2) is 12.1 Å². The van der Waals surface area contributed by atoms with Gasteiger partial charge in [0.2, 0.25) is 5.91 Å². The lowest BCUT2D eigenvalue weighted by Crippen LogP contribution is -2.16. The SMILES string of the molecule is Cc1c(Cl)ccc(C(N)=O)c1CCN.Cl. The maximum absolute atomic E-state index is 11.1. The molecule has 0 atom stereocenters. The molecule has 1 rings (SSSR count). The Morgan fingerprint density at radius 2 is 2.07 bits per heavy atom. The van der Waals surface area contributed by atoms with Crippen molar-refractivity contribution < 1.29 is 4.79 Å². The van der Waals surface area contributed by atoms with Crippen LogP contribution in [0, 0.1) is 6.92 Å². The van der Waals surface area contributed by atoms with Crippen LogP contribution >= 0.6 is 24.0 Å². The Morgan fingerprint density at radius 3 is 2.53 bits per heavy atom. The Morgan fingerprint density at radius 1 is 1.47 bits per heavy atom. The first-order chi connectivity index (χ1) is 6.57. The molecule has 0 bridgehead atoms. The molecule has 15 heavy (non-hydrogen) atoms. The summed E-state index contributed by atoms with van der Waals surface area (Å²) in [6, 6.07) is 3.32. The highest BCUT2D eigenvalue weighted by atomic mass is 35.5. The van der Waals surface area contributed by atoms with E-state index in [4.69, 9.17) is 23.1 Å². The molecule has 0 radical (unpaired) electrons. The maximum Gasteiger partial charge on any atom is 0.248 e. The van der Waals surface area contributed by atoms with Crippen molar-refractivity contribution in [2.75, 3.05) is 6.54 Å². The highest BCUT2D eigenvalue weighted by Gasteiger charge is 2.11. The topological polar surface area (TPSA) is 69.1 Å². The van der Waals surface area contributed by atoms with Gasteiger partial charge in [0.1, 0.15) is 0 Å². The molecule has 0 unspecified atom stereocenters. The molecule has 84 valence electrons. The van der Waals surface area contributed by atoms with Crippen LogP contribution in [0.4, 0.5) is 0 Å². The van der Waals surface area contributed by atoms with Crippen molar-refractivity contribution >= 4 is 29.9 Å². The lowest BCUT2D eigenvalue weighted by Gasteiger charge is -2.10. The summed E-state index contributed by atoms with van der Waals surface area (Å²) >= 11 is 5.93. The minimum atomic E-state index is -0.437. The van der Waals surface area contributed by atoms with E-state index in [9.17, 15) is 4.79 Å². The van der Waals surface area contributed by atoms with Crippen LogP contribution in [-0.2, 0) is 6.42 Å². The van der Waals surface area contributed by atoms with Crippen molar-refractivity contribution in [1.82, 2.24) is 0 Å². The summed E-state index contributed by atoms with van der Waals surface area (Å²) in [5, 5.41) is 0.637. The standard InChI is InChI=1S/C10H13ClN2O.ClH/c1-6-7(4-5-12)8(10(13)14)2-3-9(6)11;/h2-3H,4-5,12H2,1H3,(H2,13,14);1H. The number of benzene rings is 1. The smallest absolute Gasteiger partial charge is 0.248 e. The van der Waals surface area contributed by atoms with Gasteiger partial charge in [0.05, 0.1) is 0 Å². The van der Waals surface area contributed by atoms with Gasteiger partial charge in [-0.05, 0) is 43.1 Å². The number of primary amides is 1. The molecule has 1 aromatic rings. The first-order valence-corrected chi connectivity index (χ1v) is 4.73. The Balaban J connectivity index is 0.00000196. The van der Waals surface area contributed by atoms with E-state index >= 15 is 0 Å². The first kappa shape index (κ1) is 14.2. The van der Waals surface area contributed by atoms with Crippen LogP contribution in [-0.4, -0.2) is 12.5 Å². The number of rotatable bonds is 3. The molecule has 0 saturated carbocycles. The Kier molecular flexibility index (Phi) is 5.65. The fourth-order valence-corrected chi connectivity index (χ4v) is 1.60. The lowest BCUT2D eigenvalue weighted by molar-refractivity contribution is 0.0999. The second kappa shape index (κ2) is 5.95. The van der Waals surface area contributed by atoms with Crippen LogP contribution in [0.25, 0.3) is 0 Å². The zero-order chi connectivity index (χ0) is 10.7. The van der Waals surface area contributed by atoms with Gasteiger partial charge in [-0.3, -0.25) is 4.79 Å². The molecule has 0 aliphatic carbocycles. The number of carbonyl (C=O) groups excluding carboxylic acids is 1. The van der Waals surface area contributed by atoms with Crippen molar-refractivity contribution in [2.24, 2.45) is 11.5 Å². The van der Waals surface area contributed by atoms with E-state index in [0.717, 1.165) is 11.1 Å². The van der Waals surface area contributed by atoms with Crippen LogP contribution < -0.4 is 11.5 Å². The van der Waals surface area contributed by atoms with E-state index < -0.39 is 5.91 Å². The van der Waals surface area contributed by atoms with Gasteiger partial charge in [-0.25, -0.2) is 0 Å². The molecule has 4 N–H and O–H groups in total. The fraction of sp³-hybridized carbons (Fsp3) is 0.300. The van der Waals surface area contributed by atoms with Crippen LogP contribution in [0.2, 0.25) is 5.02 Å². The van der Waals surface area contributed by atoms with Crippen LogP contribution in [0.3, 0.4) is 0 Å². The molecule has 0 saturated heterocycles. The molecule has 0 fully saturated rings. The molecule has 5 heteroatoms. The quantitative estimate of drug-likeness (QED) is 0.855. The largest absolute Gasteiger partial charge is 0.366 e. The van der Waals surface area contributed by atoms with Crippen molar-refractivity contribution in [3.8, 4) is 0 Å². The van der Waals surface area contributed by atoms with Crippen LogP contribution in [0.5, 0.6) is 0 Å². The summed E-state index contributed by atoms with van der Waals surface area (Å²) in [5.41, 5.74) is 12.9. The van der Waals surface area contributed by atoms with E-state index in [1.165, 1.54) is 0 Å². The monoisotopic (exact) mass is 248 g/mol. The number of nitrogens with two attached hydrogens (primary N) is 2. The molecular formula is C10H14Cl2N2O. The highest BCUT2D eigenvalue weighted by molar-refractivity contribution is 6.31. The molecule has 0 spiro atoms. The third kappa shape index (κ3) is 3.09. The van der Waals surface area contributed by atoms with Gasteiger partial charge >= 0.3 is 0 Å². The zero-order valence-electron chi connectivity index (χ0n) is 8.42. The summed E-state index contributed by atoms with van der Waals surface area (Å²) in [7, 11) is 0. The van der Waals surface area contributed by atoms with Crippen molar-refractivity contribution in [2.45, 2.75) is 13.3 Å². The maximum atomic E-state index is 11.1. The predicted molar refractivity (Wildman–Crippen MR) is 64.7 cm³/mol. The zero-order valence-corrected chi connectivity index (χ0v) is 9.99. The van der Waals surface area contributed by atoms with Crippen LogP contribution in [0.1, 0.15) is 21.5 Å². The third-order valence-electron chi connectivity index (χ3n) is 2.19. The summed E-state index contributed by atoms with van der Waals surface area (Å²) < 4.78 is 0. The average molecular weight is 249 g/mol. The normalized spacial score (nSPS) is 9.53. The van der Waals surface area contributed by atoms with Gasteiger partial charge in [-0.2, -0.15) is 0 Å². The minimum absolute atomic E-state index is 0. The van der Waals surface area contributed by atoms with Gasteiger partial charge in [0.25, 0.3) is 0 Å². The van der Waals surface area contributed by atoms with Gasteiger partial charge in [-0.15, -0.1) is 12.4 Å². The van der Waals surface area contributed by atoms with E-state index in [1.807, 2.05) is 6.92 Å². The van der Waals surface area contributed by atoms with Gasteiger partial charge in [0, 0.05) is 10.6 Å². The van der Waals surface area contributed by atoms with Crippen molar-refractivity contribution in [3.63, 3.8) is 0 Å².